The van der Waals surface area contributed by atoms with Crippen LogP contribution in [0.5, 0.6) is 0 Å². The van der Waals surface area contributed by atoms with Crippen LogP contribution in [0.2, 0.25) is 0 Å². The fraction of sp³-hybridized carbons (Fsp3) is 0.391. The molecule has 0 radical (unpaired) electrons. The van der Waals surface area contributed by atoms with Crippen molar-refractivity contribution < 1.29 is 23.1 Å². The first kappa shape index (κ1) is 20.6. The molecule has 3 fully saturated rings. The third-order valence-corrected chi connectivity index (χ3v) is 7.81. The molecule has 2 aromatic heterocycles. The van der Waals surface area contributed by atoms with Gasteiger partial charge in [-0.2, -0.15) is 0 Å². The molecule has 3 aliphatic heterocycles. The lowest BCUT2D eigenvalue weighted by molar-refractivity contribution is -0.142. The predicted molar refractivity (Wildman–Crippen MR) is 115 cm³/mol. The van der Waals surface area contributed by atoms with E-state index in [1.807, 2.05) is 0 Å². The summed E-state index contributed by atoms with van der Waals surface area (Å²) < 4.78 is 34.7. The van der Waals surface area contributed by atoms with Gasteiger partial charge in [-0.15, -0.1) is 11.3 Å². The van der Waals surface area contributed by atoms with Crippen molar-refractivity contribution in [1.29, 1.82) is 0 Å². The molecule has 2 amide bonds. The van der Waals surface area contributed by atoms with Crippen LogP contribution in [-0.4, -0.2) is 56.5 Å². The standard InChI is InChI=1S/C23H20F2N4O3S/c24-14-9-13(10-15(25)11-14)17-1-2-19-29(17)22(31)23(32-19)4-7-28(8-5-23)21(30)20-27-16-3-6-26-12-18(16)33-20/h3,6,9-12,17,19H,1-2,4-5,7-8H2/t17-,19+/m0/s1. The molecule has 0 bridgehead atoms. The minimum absolute atomic E-state index is 0.155. The Kier molecular flexibility index (Phi) is 4.70. The van der Waals surface area contributed by atoms with Crippen LogP contribution >= 0.6 is 11.3 Å². The number of fused-ring (bicyclic) bond motifs is 2. The molecule has 33 heavy (non-hydrogen) atoms. The Hall–Kier alpha value is -2.98. The molecule has 0 unspecified atom stereocenters. The summed E-state index contributed by atoms with van der Waals surface area (Å²) in [5.74, 6) is -1.63. The molecule has 170 valence electrons. The number of rotatable bonds is 2. The van der Waals surface area contributed by atoms with Gasteiger partial charge in [-0.1, -0.05) is 0 Å². The van der Waals surface area contributed by atoms with E-state index in [1.54, 1.807) is 28.3 Å². The smallest absolute Gasteiger partial charge is 0.282 e. The Morgan fingerprint density at radius 2 is 1.91 bits per heavy atom. The van der Waals surface area contributed by atoms with Gasteiger partial charge in [0.25, 0.3) is 11.8 Å². The Morgan fingerprint density at radius 1 is 1.15 bits per heavy atom. The monoisotopic (exact) mass is 470 g/mol. The number of carbonyl (C=O) groups is 2. The number of piperidine rings is 1. The van der Waals surface area contributed by atoms with E-state index in [9.17, 15) is 18.4 Å². The topological polar surface area (TPSA) is 75.6 Å². The summed E-state index contributed by atoms with van der Waals surface area (Å²) in [6, 6.07) is 4.75. The highest BCUT2D eigenvalue weighted by Crippen LogP contribution is 2.47. The van der Waals surface area contributed by atoms with Crippen molar-refractivity contribution in [3.8, 4) is 0 Å². The maximum Gasteiger partial charge on any atom is 0.282 e. The first-order valence-electron chi connectivity index (χ1n) is 10.9. The fourth-order valence-electron chi connectivity index (χ4n) is 5.22. The lowest BCUT2D eigenvalue weighted by Crippen LogP contribution is -2.51. The number of likely N-dealkylation sites (tertiary alicyclic amines) is 1. The summed E-state index contributed by atoms with van der Waals surface area (Å²) in [4.78, 5) is 38.3. The molecule has 3 aromatic rings. The third-order valence-electron chi connectivity index (χ3n) is 6.82. The fourth-order valence-corrected chi connectivity index (χ4v) is 6.12. The van der Waals surface area contributed by atoms with Crippen molar-refractivity contribution in [3.05, 3.63) is 58.9 Å². The Balaban J connectivity index is 1.18. The van der Waals surface area contributed by atoms with Gasteiger partial charge in [0, 0.05) is 44.4 Å². The van der Waals surface area contributed by atoms with Gasteiger partial charge in [-0.3, -0.25) is 14.6 Å². The average molecular weight is 471 g/mol. The van der Waals surface area contributed by atoms with Crippen LogP contribution in [0.3, 0.4) is 0 Å². The first-order valence-corrected chi connectivity index (χ1v) is 11.7. The molecular weight excluding hydrogens is 450 g/mol. The molecule has 2 atom stereocenters. The zero-order valence-corrected chi connectivity index (χ0v) is 18.4. The summed E-state index contributed by atoms with van der Waals surface area (Å²) in [6.07, 6.45) is 4.87. The molecule has 10 heteroatoms. The summed E-state index contributed by atoms with van der Waals surface area (Å²) in [6.45, 7) is 0.747. The van der Waals surface area contributed by atoms with Crippen LogP contribution in [0.1, 0.15) is 47.1 Å². The van der Waals surface area contributed by atoms with Crippen LogP contribution in [-0.2, 0) is 9.53 Å². The average Bonchev–Trinajstić information content (AvgIpc) is 3.48. The molecular formula is C23H20F2N4O3S. The van der Waals surface area contributed by atoms with Gasteiger partial charge in [0.1, 0.15) is 17.9 Å². The van der Waals surface area contributed by atoms with E-state index in [2.05, 4.69) is 9.97 Å². The van der Waals surface area contributed by atoms with Gasteiger partial charge in [-0.05, 0) is 36.6 Å². The van der Waals surface area contributed by atoms with Gasteiger partial charge >= 0.3 is 0 Å². The normalized spacial score (nSPS) is 24.1. The SMILES string of the molecule is O=C(c1nc2ccncc2s1)N1CCC2(CC1)O[C@@H]1CC[C@@H](c3cc(F)cc(F)c3)N1C2=O. The molecule has 0 N–H and O–H groups in total. The number of hydrogen-bond acceptors (Lipinski definition) is 6. The molecule has 1 aromatic carbocycles. The van der Waals surface area contributed by atoms with Gasteiger partial charge < -0.3 is 14.5 Å². The number of thiazole rings is 1. The number of nitrogens with zero attached hydrogens (tertiary/aromatic N) is 4. The molecule has 3 aliphatic rings. The number of pyridine rings is 1. The summed E-state index contributed by atoms with van der Waals surface area (Å²) >= 11 is 1.30. The van der Waals surface area contributed by atoms with Crippen molar-refractivity contribution in [2.24, 2.45) is 0 Å². The Labute approximate surface area is 192 Å². The lowest BCUT2D eigenvalue weighted by atomic mass is 9.89. The second-order valence-corrected chi connectivity index (χ2v) is 9.76. The number of halogens is 2. The van der Waals surface area contributed by atoms with Gasteiger partial charge in [-0.25, -0.2) is 13.8 Å². The van der Waals surface area contributed by atoms with Crippen molar-refractivity contribution in [1.82, 2.24) is 19.8 Å². The van der Waals surface area contributed by atoms with Crippen LogP contribution in [0, 0.1) is 11.6 Å². The number of aromatic nitrogens is 2. The van der Waals surface area contributed by atoms with Crippen molar-refractivity contribution in [2.75, 3.05) is 13.1 Å². The van der Waals surface area contributed by atoms with E-state index in [0.29, 0.717) is 49.3 Å². The van der Waals surface area contributed by atoms with Crippen LogP contribution in [0.4, 0.5) is 8.78 Å². The zero-order valence-electron chi connectivity index (χ0n) is 17.5. The molecule has 7 nitrogen and oxygen atoms in total. The number of amides is 2. The molecule has 3 saturated heterocycles. The van der Waals surface area contributed by atoms with Crippen LogP contribution in [0.25, 0.3) is 10.2 Å². The highest BCUT2D eigenvalue weighted by molar-refractivity contribution is 7.20. The predicted octanol–water partition coefficient (Wildman–Crippen LogP) is 3.66. The van der Waals surface area contributed by atoms with Crippen molar-refractivity contribution in [2.45, 2.75) is 43.6 Å². The van der Waals surface area contributed by atoms with Crippen LogP contribution in [0.15, 0.2) is 36.7 Å². The second kappa shape index (κ2) is 7.53. The van der Waals surface area contributed by atoms with Gasteiger partial charge in [0.15, 0.2) is 10.6 Å². The van der Waals surface area contributed by atoms with Gasteiger partial charge in [0.2, 0.25) is 0 Å². The number of benzene rings is 1. The summed E-state index contributed by atoms with van der Waals surface area (Å²) in [5.41, 5.74) is 0.187. The quantitative estimate of drug-likeness (QED) is 0.571. The zero-order chi connectivity index (χ0) is 22.7. The number of carbonyl (C=O) groups excluding carboxylic acids is 2. The molecule has 0 saturated carbocycles. The molecule has 0 aliphatic carbocycles. The maximum atomic E-state index is 13.8. The highest BCUT2D eigenvalue weighted by Gasteiger charge is 2.58. The maximum absolute atomic E-state index is 13.8. The summed E-state index contributed by atoms with van der Waals surface area (Å²) in [7, 11) is 0. The third kappa shape index (κ3) is 3.31. The van der Waals surface area contributed by atoms with E-state index in [-0.39, 0.29) is 11.8 Å². The molecule has 5 heterocycles. The van der Waals surface area contributed by atoms with E-state index < -0.39 is 29.5 Å². The Bertz CT molecular complexity index is 1220. The largest absolute Gasteiger partial charge is 0.342 e. The van der Waals surface area contributed by atoms with Gasteiger partial charge in [0.05, 0.1) is 16.3 Å². The van der Waals surface area contributed by atoms with E-state index >= 15 is 0 Å². The van der Waals surface area contributed by atoms with E-state index in [1.165, 1.54) is 23.5 Å². The Morgan fingerprint density at radius 3 is 2.64 bits per heavy atom. The van der Waals surface area contributed by atoms with E-state index in [0.717, 1.165) is 16.3 Å². The van der Waals surface area contributed by atoms with Crippen LogP contribution < -0.4 is 0 Å². The lowest BCUT2D eigenvalue weighted by Gasteiger charge is -2.37. The minimum atomic E-state index is -0.997. The second-order valence-electron chi connectivity index (χ2n) is 8.73. The minimum Gasteiger partial charge on any atom is -0.342 e. The number of hydrogen-bond donors (Lipinski definition) is 0. The summed E-state index contributed by atoms with van der Waals surface area (Å²) in [5, 5.41) is 0.404. The van der Waals surface area contributed by atoms with Crippen molar-refractivity contribution in [3.63, 3.8) is 0 Å². The molecule has 6 rings (SSSR count). The highest BCUT2D eigenvalue weighted by atomic mass is 32.1. The first-order chi connectivity index (χ1) is 15.9. The van der Waals surface area contributed by atoms with Crippen molar-refractivity contribution >= 4 is 33.4 Å². The number of ether oxygens (including phenoxy) is 1. The molecule has 1 spiro atoms. The van der Waals surface area contributed by atoms with E-state index in [4.69, 9.17) is 4.74 Å².